The lowest BCUT2D eigenvalue weighted by Gasteiger charge is -2.42. The molecule has 0 unspecified atom stereocenters. The topological polar surface area (TPSA) is 6.48 Å². The van der Waals surface area contributed by atoms with Crippen molar-refractivity contribution in [2.24, 2.45) is 0 Å². The molecule has 0 aromatic heterocycles. The molecule has 0 radical (unpaired) electrons. The van der Waals surface area contributed by atoms with Crippen molar-refractivity contribution in [3.8, 4) is 44.5 Å². The summed E-state index contributed by atoms with van der Waals surface area (Å²) < 4.78 is 0. The summed E-state index contributed by atoms with van der Waals surface area (Å²) in [6.07, 6.45) is 0. The van der Waals surface area contributed by atoms with E-state index in [9.17, 15) is 0 Å². The molecule has 0 saturated heterocycles. The molecule has 0 N–H and O–H groups in total. The van der Waals surface area contributed by atoms with Crippen LogP contribution in [0.5, 0.6) is 0 Å². The molecule has 1 aliphatic carbocycles. The van der Waals surface area contributed by atoms with Crippen LogP contribution in [0, 0.1) is 0 Å². The van der Waals surface area contributed by atoms with E-state index >= 15 is 0 Å². The average molecular weight is 987 g/mol. The molecule has 15 rings (SSSR count). The second-order valence-corrected chi connectivity index (χ2v) is 23.3. The monoisotopic (exact) mass is 986 g/mol. The number of anilines is 6. The van der Waals surface area contributed by atoms with Crippen LogP contribution in [0.1, 0.15) is 74.9 Å². The lowest BCUT2D eigenvalue weighted by molar-refractivity contribution is 0.632. The Labute approximate surface area is 452 Å². The first kappa shape index (κ1) is 45.4. The van der Waals surface area contributed by atoms with Crippen molar-refractivity contribution in [1.82, 2.24) is 0 Å². The highest BCUT2D eigenvalue weighted by atomic mass is 15.2. The molecule has 0 amide bonds. The predicted octanol–water partition coefficient (Wildman–Crippen LogP) is 20.7. The second kappa shape index (κ2) is 16.5. The summed E-state index contributed by atoms with van der Waals surface area (Å²) in [5.41, 5.74) is 24.5. The lowest BCUT2D eigenvalue weighted by Crippen LogP contribution is -2.30. The normalized spacial score (nSPS) is 15.1. The van der Waals surface area contributed by atoms with Gasteiger partial charge in [0.15, 0.2) is 0 Å². The lowest BCUT2D eigenvalue weighted by atomic mass is 9.73. The number of para-hydroxylation sites is 4. The molecule has 3 aliphatic rings. The van der Waals surface area contributed by atoms with Crippen molar-refractivity contribution in [3.05, 3.63) is 276 Å². The summed E-state index contributed by atoms with van der Waals surface area (Å²) >= 11 is 0. The van der Waals surface area contributed by atoms with Gasteiger partial charge >= 0.3 is 0 Å². The molecule has 2 heteroatoms. The van der Waals surface area contributed by atoms with E-state index in [1.54, 1.807) is 0 Å². The fourth-order valence-electron chi connectivity index (χ4n) is 14.1. The van der Waals surface area contributed by atoms with Crippen molar-refractivity contribution in [3.63, 3.8) is 0 Å². The van der Waals surface area contributed by atoms with E-state index < -0.39 is 0 Å². The molecular formula is C75H58N2. The first-order chi connectivity index (χ1) is 37.5. The molecule has 0 spiro atoms. The molecule has 12 aromatic rings. The maximum absolute atomic E-state index is 2.53. The molecule has 0 atom stereocenters. The predicted molar refractivity (Wildman–Crippen MR) is 326 cm³/mol. The minimum atomic E-state index is -0.178. The van der Waals surface area contributed by atoms with Crippen molar-refractivity contribution in [2.45, 2.75) is 57.8 Å². The maximum Gasteiger partial charge on any atom is 0.0502 e. The Morgan fingerprint density at radius 3 is 1.19 bits per heavy atom. The van der Waals surface area contributed by atoms with Crippen LogP contribution in [0.2, 0.25) is 0 Å². The largest absolute Gasteiger partial charge is 0.310 e. The molecular weight excluding hydrogens is 929 g/mol. The van der Waals surface area contributed by atoms with E-state index in [1.165, 1.54) is 133 Å². The third-order valence-electron chi connectivity index (χ3n) is 18.0. The quantitative estimate of drug-likeness (QED) is 0.159. The fourth-order valence-corrected chi connectivity index (χ4v) is 14.1. The number of fused-ring (bicyclic) bond motifs is 10. The summed E-state index contributed by atoms with van der Waals surface area (Å²) in [5, 5.41) is 7.35. The second-order valence-electron chi connectivity index (χ2n) is 23.3. The molecule has 2 nitrogen and oxygen atoms in total. The highest BCUT2D eigenvalue weighted by Gasteiger charge is 2.39. The minimum Gasteiger partial charge on any atom is -0.310 e. The van der Waals surface area contributed by atoms with Gasteiger partial charge in [0.05, 0.1) is 22.7 Å². The van der Waals surface area contributed by atoms with Gasteiger partial charge in [-0.25, -0.2) is 0 Å². The fraction of sp³-hybridized carbons (Fsp3) is 0.120. The molecule has 2 aliphatic heterocycles. The first-order valence-corrected chi connectivity index (χ1v) is 27.3. The van der Waals surface area contributed by atoms with Crippen molar-refractivity contribution < 1.29 is 0 Å². The van der Waals surface area contributed by atoms with E-state index in [2.05, 4.69) is 294 Å². The number of benzene rings is 12. The van der Waals surface area contributed by atoms with Crippen LogP contribution in [-0.2, 0) is 16.2 Å². The first-order valence-electron chi connectivity index (χ1n) is 27.3. The van der Waals surface area contributed by atoms with Crippen LogP contribution in [-0.4, -0.2) is 0 Å². The SMILES string of the molecule is CC1(C)c2ccccc2-c2ccc(-c3c4ccc(N5c6ccccc6C(C)(C)c6ccccc65)cc4c(-c4cccc(-c5ccc6ccccc6c5)c4)c4ccc(N5c6ccccc6C(C)(C)c6ccccc65)cc34)cc21. The number of hydrogen-bond donors (Lipinski definition) is 0. The van der Waals surface area contributed by atoms with Crippen LogP contribution in [0.25, 0.3) is 76.8 Å². The molecule has 368 valence electrons. The van der Waals surface area contributed by atoms with E-state index in [1.807, 2.05) is 0 Å². The third-order valence-corrected chi connectivity index (χ3v) is 18.0. The number of rotatable bonds is 5. The van der Waals surface area contributed by atoms with Gasteiger partial charge in [0.25, 0.3) is 0 Å². The van der Waals surface area contributed by atoms with Gasteiger partial charge in [0.1, 0.15) is 0 Å². The van der Waals surface area contributed by atoms with E-state index in [0.717, 1.165) is 11.4 Å². The number of nitrogens with zero attached hydrogens (tertiary/aromatic N) is 2. The van der Waals surface area contributed by atoms with Gasteiger partial charge in [-0.1, -0.05) is 217 Å². The van der Waals surface area contributed by atoms with Gasteiger partial charge in [-0.05, 0) is 177 Å². The summed E-state index contributed by atoms with van der Waals surface area (Å²) in [7, 11) is 0. The van der Waals surface area contributed by atoms with Gasteiger partial charge in [-0.3, -0.25) is 0 Å². The van der Waals surface area contributed by atoms with Crippen molar-refractivity contribution in [1.29, 1.82) is 0 Å². The Morgan fingerprint density at radius 1 is 0.247 bits per heavy atom. The molecule has 2 heterocycles. The third kappa shape index (κ3) is 6.61. The number of hydrogen-bond acceptors (Lipinski definition) is 2. The minimum absolute atomic E-state index is 0.175. The van der Waals surface area contributed by atoms with Gasteiger partial charge in [0, 0.05) is 27.6 Å². The van der Waals surface area contributed by atoms with Crippen LogP contribution in [0.3, 0.4) is 0 Å². The zero-order chi connectivity index (χ0) is 52.0. The molecule has 0 fully saturated rings. The van der Waals surface area contributed by atoms with Gasteiger partial charge < -0.3 is 9.80 Å². The summed E-state index contributed by atoms with van der Waals surface area (Å²) in [6.45, 7) is 14.3. The summed E-state index contributed by atoms with van der Waals surface area (Å²) in [6, 6.07) is 91.9. The van der Waals surface area contributed by atoms with E-state index in [0.29, 0.717) is 0 Å². The molecule has 77 heavy (non-hydrogen) atoms. The highest BCUT2D eigenvalue weighted by molar-refractivity contribution is 6.23. The molecule has 0 bridgehead atoms. The Morgan fingerprint density at radius 2 is 0.649 bits per heavy atom. The molecule has 12 aromatic carbocycles. The van der Waals surface area contributed by atoms with Crippen LogP contribution < -0.4 is 9.80 Å². The summed E-state index contributed by atoms with van der Waals surface area (Å²) in [5.74, 6) is 0. The van der Waals surface area contributed by atoms with Crippen molar-refractivity contribution >= 4 is 66.4 Å². The zero-order valence-electron chi connectivity index (χ0n) is 44.5. The highest BCUT2D eigenvalue weighted by Crippen LogP contribution is 2.57. The Hall–Kier alpha value is -8.98. The average Bonchev–Trinajstić information content (AvgIpc) is 3.85. The standard InChI is InChI=1S/C75H58N2/c1-73(2)61-25-10-9-24-55(61)56-39-36-52(44-66(56)73)72-58-41-38-53(76-67-30-15-11-26-62(67)74(3,4)63-27-12-16-31-68(63)76)45-59(58)71(51-23-19-22-49(43-51)50-35-34-47-20-7-8-21-48(47)42-50)57-40-37-54(46-60(57)72)77-69-32-17-13-28-64(69)75(5,6)65-29-14-18-33-70(65)77/h7-46H,1-6H3. The Bertz CT molecular complexity index is 4350. The van der Waals surface area contributed by atoms with Crippen LogP contribution in [0.4, 0.5) is 34.1 Å². The molecule has 0 saturated carbocycles. The Balaban J connectivity index is 1.05. The van der Waals surface area contributed by atoms with Gasteiger partial charge in [-0.15, -0.1) is 0 Å². The van der Waals surface area contributed by atoms with Gasteiger partial charge in [0.2, 0.25) is 0 Å². The van der Waals surface area contributed by atoms with Gasteiger partial charge in [-0.2, -0.15) is 0 Å². The van der Waals surface area contributed by atoms with E-state index in [4.69, 9.17) is 0 Å². The maximum atomic E-state index is 2.53. The zero-order valence-corrected chi connectivity index (χ0v) is 44.5. The van der Waals surface area contributed by atoms with Crippen LogP contribution >= 0.6 is 0 Å². The summed E-state index contributed by atoms with van der Waals surface area (Å²) in [4.78, 5) is 5.03. The smallest absolute Gasteiger partial charge is 0.0502 e. The van der Waals surface area contributed by atoms with Crippen LogP contribution in [0.15, 0.2) is 243 Å². The Kier molecular flexibility index (Phi) is 9.74. The van der Waals surface area contributed by atoms with Crippen molar-refractivity contribution in [2.75, 3.05) is 9.80 Å². The van der Waals surface area contributed by atoms with E-state index in [-0.39, 0.29) is 16.2 Å².